The lowest BCUT2D eigenvalue weighted by Crippen LogP contribution is -2.32. The third-order valence-electron chi connectivity index (χ3n) is 6.68. The van der Waals surface area contributed by atoms with Crippen molar-refractivity contribution in [3.63, 3.8) is 0 Å². The van der Waals surface area contributed by atoms with Gasteiger partial charge in [-0.05, 0) is 75.5 Å². The van der Waals surface area contributed by atoms with E-state index in [1.54, 1.807) is 17.4 Å². The molecule has 0 spiro atoms. The third kappa shape index (κ3) is 5.06. The molecule has 9 heteroatoms. The van der Waals surface area contributed by atoms with Crippen molar-refractivity contribution in [2.24, 2.45) is 0 Å². The third-order valence-corrected chi connectivity index (χ3v) is 7.36. The summed E-state index contributed by atoms with van der Waals surface area (Å²) >= 11 is 1.64. The smallest absolute Gasteiger partial charge is 0.263 e. The highest BCUT2D eigenvalue weighted by Crippen LogP contribution is 2.32. The van der Waals surface area contributed by atoms with Crippen LogP contribution in [0.1, 0.15) is 21.5 Å². The Labute approximate surface area is 231 Å². The van der Waals surface area contributed by atoms with Gasteiger partial charge in [0.1, 0.15) is 11.2 Å². The first-order valence-electron chi connectivity index (χ1n) is 12.5. The summed E-state index contributed by atoms with van der Waals surface area (Å²) in [5.74, 6) is -2.47. The van der Waals surface area contributed by atoms with Gasteiger partial charge in [0, 0.05) is 41.6 Å². The molecule has 0 radical (unpaired) electrons. The van der Waals surface area contributed by atoms with Crippen LogP contribution in [0.25, 0.3) is 33.3 Å². The van der Waals surface area contributed by atoms with Crippen LogP contribution in [0.5, 0.6) is 0 Å². The number of halogens is 2. The van der Waals surface area contributed by atoms with Crippen LogP contribution in [0.4, 0.5) is 8.78 Å². The first-order valence-corrected chi connectivity index (χ1v) is 13.4. The molecule has 0 aliphatic carbocycles. The molecule has 2 N–H and O–H groups in total. The maximum Gasteiger partial charge on any atom is 0.263 e. The molecule has 1 amide bonds. The standard InChI is InChI=1S/C31H22F2N4O2S/c32-27-7-6-20(12-28(27)33)17-37-9-2-5-24(31(37)39)30(38)36-14-19-3-1-4-21(11-19)26-16-35-29-25(26)13-23(15-34-29)22-8-10-40-18-22/h1-13,15-16,18H,14,17H2,(H,34,35)(H,36,38). The van der Waals surface area contributed by atoms with E-state index in [-0.39, 0.29) is 18.7 Å². The van der Waals surface area contributed by atoms with E-state index in [2.05, 4.69) is 32.8 Å². The van der Waals surface area contributed by atoms with Crippen molar-refractivity contribution in [3.8, 4) is 22.3 Å². The van der Waals surface area contributed by atoms with Crippen LogP contribution >= 0.6 is 11.3 Å². The van der Waals surface area contributed by atoms with Gasteiger partial charge in [-0.2, -0.15) is 11.3 Å². The number of carbonyl (C=O) groups is 1. The number of H-pyrrole nitrogens is 1. The molecule has 2 aromatic carbocycles. The van der Waals surface area contributed by atoms with Crippen LogP contribution in [0.2, 0.25) is 0 Å². The van der Waals surface area contributed by atoms with Crippen LogP contribution in [-0.2, 0) is 13.1 Å². The van der Waals surface area contributed by atoms with Gasteiger partial charge in [0.05, 0.1) is 6.54 Å². The van der Waals surface area contributed by atoms with Crippen molar-refractivity contribution < 1.29 is 13.6 Å². The van der Waals surface area contributed by atoms with Gasteiger partial charge in [-0.3, -0.25) is 9.59 Å². The molecule has 0 atom stereocenters. The first-order chi connectivity index (χ1) is 19.5. The minimum atomic E-state index is -0.992. The Kier molecular flexibility index (Phi) is 6.79. The molecule has 4 aromatic heterocycles. The maximum atomic E-state index is 13.6. The van der Waals surface area contributed by atoms with Gasteiger partial charge >= 0.3 is 0 Å². The zero-order chi connectivity index (χ0) is 27.6. The number of benzene rings is 2. The number of rotatable bonds is 7. The zero-order valence-electron chi connectivity index (χ0n) is 21.0. The van der Waals surface area contributed by atoms with Gasteiger partial charge in [-0.1, -0.05) is 24.3 Å². The first kappa shape index (κ1) is 25.4. The molecule has 0 aliphatic rings. The van der Waals surface area contributed by atoms with E-state index in [9.17, 15) is 18.4 Å². The molecular formula is C31H22F2N4O2S. The van der Waals surface area contributed by atoms with Crippen LogP contribution in [0.15, 0.2) is 101 Å². The average Bonchev–Trinajstić information content (AvgIpc) is 3.65. The van der Waals surface area contributed by atoms with E-state index in [0.29, 0.717) is 5.56 Å². The quantitative estimate of drug-likeness (QED) is 0.241. The van der Waals surface area contributed by atoms with Crippen LogP contribution < -0.4 is 10.9 Å². The maximum absolute atomic E-state index is 13.6. The van der Waals surface area contributed by atoms with Crippen molar-refractivity contribution in [1.82, 2.24) is 19.9 Å². The minimum absolute atomic E-state index is 0.00675. The molecule has 6 nitrogen and oxygen atoms in total. The number of nitrogens with one attached hydrogen (secondary N) is 2. The number of nitrogens with zero attached hydrogens (tertiary/aromatic N) is 2. The number of thiophene rings is 1. The van der Waals surface area contributed by atoms with Crippen molar-refractivity contribution >= 4 is 28.3 Å². The molecule has 6 aromatic rings. The summed E-state index contributed by atoms with van der Waals surface area (Å²) in [6.45, 7) is 0.220. The number of fused-ring (bicyclic) bond motifs is 1. The van der Waals surface area contributed by atoms with Gasteiger partial charge in [-0.25, -0.2) is 13.8 Å². The Morgan fingerprint density at radius 3 is 2.67 bits per heavy atom. The van der Waals surface area contributed by atoms with Crippen molar-refractivity contribution in [2.45, 2.75) is 13.1 Å². The normalized spacial score (nSPS) is 11.2. The number of hydrogen-bond donors (Lipinski definition) is 2. The van der Waals surface area contributed by atoms with Crippen LogP contribution in [0, 0.1) is 11.6 Å². The minimum Gasteiger partial charge on any atom is -0.348 e. The molecular weight excluding hydrogens is 530 g/mol. The average molecular weight is 553 g/mol. The fourth-order valence-electron chi connectivity index (χ4n) is 4.62. The predicted octanol–water partition coefficient (Wildman–Crippen LogP) is 6.38. The Morgan fingerprint density at radius 2 is 1.85 bits per heavy atom. The summed E-state index contributed by atoms with van der Waals surface area (Å²) in [6.07, 6.45) is 5.28. The molecule has 0 bridgehead atoms. The predicted molar refractivity (Wildman–Crippen MR) is 152 cm³/mol. The van der Waals surface area contributed by atoms with E-state index in [4.69, 9.17) is 0 Å². The highest BCUT2D eigenvalue weighted by atomic mass is 32.1. The molecule has 0 fully saturated rings. The SMILES string of the molecule is O=C(NCc1cccc(-c2c[nH]c3ncc(-c4ccsc4)cc23)c1)c1cccn(Cc2ccc(F)c(F)c2)c1=O. The van der Waals surface area contributed by atoms with Gasteiger partial charge in [-0.15, -0.1) is 0 Å². The van der Waals surface area contributed by atoms with E-state index >= 15 is 0 Å². The lowest BCUT2D eigenvalue weighted by Gasteiger charge is -2.10. The molecule has 6 rings (SSSR count). The monoisotopic (exact) mass is 552 g/mol. The second-order valence-corrected chi connectivity index (χ2v) is 10.1. The summed E-state index contributed by atoms with van der Waals surface area (Å²) in [4.78, 5) is 33.7. The number of aromatic amines is 1. The Morgan fingerprint density at radius 1 is 0.950 bits per heavy atom. The van der Waals surface area contributed by atoms with E-state index in [1.165, 1.54) is 22.9 Å². The summed E-state index contributed by atoms with van der Waals surface area (Å²) in [5, 5.41) is 7.94. The van der Waals surface area contributed by atoms with E-state index in [1.807, 2.05) is 42.0 Å². The molecule has 0 saturated heterocycles. The van der Waals surface area contributed by atoms with Gasteiger partial charge < -0.3 is 14.9 Å². The number of amides is 1. The lowest BCUT2D eigenvalue weighted by atomic mass is 10.0. The molecule has 0 saturated carbocycles. The topological polar surface area (TPSA) is 79.8 Å². The molecule has 0 aliphatic heterocycles. The van der Waals surface area contributed by atoms with Crippen molar-refractivity contribution in [3.05, 3.63) is 135 Å². The number of aromatic nitrogens is 3. The lowest BCUT2D eigenvalue weighted by molar-refractivity contribution is 0.0948. The summed E-state index contributed by atoms with van der Waals surface area (Å²) in [7, 11) is 0. The summed E-state index contributed by atoms with van der Waals surface area (Å²) < 4.78 is 28.1. The van der Waals surface area contributed by atoms with Gasteiger partial charge in [0.2, 0.25) is 0 Å². The van der Waals surface area contributed by atoms with Gasteiger partial charge in [0.25, 0.3) is 11.5 Å². The molecule has 40 heavy (non-hydrogen) atoms. The Balaban J connectivity index is 1.20. The second kappa shape index (κ2) is 10.7. The summed E-state index contributed by atoms with van der Waals surface area (Å²) in [5.41, 5.74) is 5.62. The molecule has 198 valence electrons. The van der Waals surface area contributed by atoms with Crippen LogP contribution in [-0.4, -0.2) is 20.4 Å². The highest BCUT2D eigenvalue weighted by molar-refractivity contribution is 7.08. The largest absolute Gasteiger partial charge is 0.348 e. The van der Waals surface area contributed by atoms with Gasteiger partial charge in [0.15, 0.2) is 11.6 Å². The fraction of sp³-hybridized carbons (Fsp3) is 0.0645. The second-order valence-electron chi connectivity index (χ2n) is 9.32. The molecule has 0 unspecified atom stereocenters. The Hall–Kier alpha value is -4.89. The van der Waals surface area contributed by atoms with Crippen LogP contribution in [0.3, 0.4) is 0 Å². The fourth-order valence-corrected chi connectivity index (χ4v) is 5.29. The number of pyridine rings is 2. The molecule has 4 heterocycles. The zero-order valence-corrected chi connectivity index (χ0v) is 21.8. The van der Waals surface area contributed by atoms with E-state index < -0.39 is 23.1 Å². The number of carbonyl (C=O) groups excluding carboxylic acids is 1. The van der Waals surface area contributed by atoms with Crippen molar-refractivity contribution in [1.29, 1.82) is 0 Å². The number of hydrogen-bond acceptors (Lipinski definition) is 4. The Bertz CT molecular complexity index is 1910. The van der Waals surface area contributed by atoms with E-state index in [0.717, 1.165) is 51.0 Å². The summed E-state index contributed by atoms with van der Waals surface area (Å²) in [6, 6.07) is 18.5. The van der Waals surface area contributed by atoms with Crippen molar-refractivity contribution in [2.75, 3.05) is 0 Å². The highest BCUT2D eigenvalue weighted by Gasteiger charge is 2.14.